The van der Waals surface area contributed by atoms with Crippen LogP contribution in [0.25, 0.3) is 11.1 Å². The molecule has 0 saturated heterocycles. The van der Waals surface area contributed by atoms with Crippen molar-refractivity contribution >= 4 is 17.4 Å². The average Bonchev–Trinajstić information content (AvgIpc) is 3.29. The number of hydrogen-bond acceptors (Lipinski definition) is 3. The molecule has 2 aliphatic rings. The Kier molecular flexibility index (Phi) is 3.34. The lowest BCUT2D eigenvalue weighted by Crippen LogP contribution is -2.16. The van der Waals surface area contributed by atoms with Crippen LogP contribution in [0.15, 0.2) is 36.4 Å². The summed E-state index contributed by atoms with van der Waals surface area (Å²) < 4.78 is 29.6. The van der Waals surface area contributed by atoms with Gasteiger partial charge in [0, 0.05) is 47.6 Å². The second-order valence-electron chi connectivity index (χ2n) is 6.85. The van der Waals surface area contributed by atoms with Gasteiger partial charge >= 0.3 is 0 Å². The lowest BCUT2D eigenvalue weighted by atomic mass is 9.97. The molecule has 0 fully saturated rings. The third-order valence-electron chi connectivity index (χ3n) is 5.12. The molecular formula is C20H16F2N4O. The van der Waals surface area contributed by atoms with Crippen LogP contribution in [0.2, 0.25) is 0 Å². The Bertz CT molecular complexity index is 1110. The Hall–Kier alpha value is -3.22. The summed E-state index contributed by atoms with van der Waals surface area (Å²) in [5.41, 5.74) is 4.00. The first-order valence-electron chi connectivity index (χ1n) is 8.74. The number of nitrogens with zero attached hydrogens (tertiary/aromatic N) is 3. The van der Waals surface area contributed by atoms with Crippen LogP contribution in [0.3, 0.4) is 0 Å². The van der Waals surface area contributed by atoms with Crippen LogP contribution in [0.4, 0.5) is 20.3 Å². The lowest BCUT2D eigenvalue weighted by molar-refractivity contribution is 0.0966. The summed E-state index contributed by atoms with van der Waals surface area (Å²) in [5.74, 6) is -0.513. The molecule has 0 radical (unpaired) electrons. The van der Waals surface area contributed by atoms with Crippen molar-refractivity contribution in [2.75, 3.05) is 11.4 Å². The van der Waals surface area contributed by atoms with Gasteiger partial charge in [-0.15, -0.1) is 0 Å². The number of hydrogen-bond donors (Lipinski definition) is 1. The second-order valence-corrected chi connectivity index (χ2v) is 6.85. The number of amides is 1. The lowest BCUT2D eigenvalue weighted by Gasteiger charge is -2.21. The number of aromatic nitrogens is 2. The van der Waals surface area contributed by atoms with Crippen LogP contribution in [0, 0.1) is 18.6 Å². The van der Waals surface area contributed by atoms with Crippen molar-refractivity contribution in [2.45, 2.75) is 20.0 Å². The van der Waals surface area contributed by atoms with E-state index in [0.29, 0.717) is 17.7 Å². The van der Waals surface area contributed by atoms with Gasteiger partial charge in [-0.2, -0.15) is 5.10 Å². The number of benzene rings is 2. The van der Waals surface area contributed by atoms with Crippen LogP contribution >= 0.6 is 0 Å². The van der Waals surface area contributed by atoms with Crippen LogP contribution < -0.4 is 10.2 Å². The van der Waals surface area contributed by atoms with Gasteiger partial charge in [0.1, 0.15) is 17.5 Å². The largest absolute Gasteiger partial charge is 0.348 e. The molecule has 0 atom stereocenters. The minimum absolute atomic E-state index is 0.181. The van der Waals surface area contributed by atoms with Crippen molar-refractivity contribution in [2.24, 2.45) is 0 Å². The third kappa shape index (κ3) is 2.42. The van der Waals surface area contributed by atoms with Crippen molar-refractivity contribution in [3.8, 4) is 11.1 Å². The third-order valence-corrected chi connectivity index (χ3v) is 5.12. The monoisotopic (exact) mass is 366 g/mol. The predicted octanol–water partition coefficient (Wildman–Crippen LogP) is 3.53. The standard InChI is InChI=1S/C20H16F2N4O/c1-11-6-19-25(4-5-26(19)24-11)18-8-12(7-15-16(18)10-23-20(15)27)14-3-2-13(21)9-17(14)22/h2-3,6-9H,4-5,10H2,1H3,(H,23,27). The van der Waals surface area contributed by atoms with Gasteiger partial charge < -0.3 is 10.2 Å². The van der Waals surface area contributed by atoms with Crippen molar-refractivity contribution in [1.82, 2.24) is 15.1 Å². The van der Waals surface area contributed by atoms with Crippen LogP contribution in [-0.4, -0.2) is 22.2 Å². The predicted molar refractivity (Wildman–Crippen MR) is 96.9 cm³/mol. The quantitative estimate of drug-likeness (QED) is 0.755. The molecule has 7 heteroatoms. The molecular weight excluding hydrogens is 350 g/mol. The maximum Gasteiger partial charge on any atom is 0.251 e. The number of nitrogens with one attached hydrogen (secondary N) is 1. The molecule has 136 valence electrons. The van der Waals surface area contributed by atoms with Gasteiger partial charge in [-0.1, -0.05) is 0 Å². The van der Waals surface area contributed by atoms with Gasteiger partial charge in [0.05, 0.1) is 12.2 Å². The molecule has 0 unspecified atom stereocenters. The minimum Gasteiger partial charge on any atom is -0.348 e. The van der Waals surface area contributed by atoms with E-state index >= 15 is 0 Å². The second kappa shape index (κ2) is 5.64. The van der Waals surface area contributed by atoms with Crippen molar-refractivity contribution in [3.63, 3.8) is 0 Å². The molecule has 5 nitrogen and oxygen atoms in total. The van der Waals surface area contributed by atoms with Crippen LogP contribution in [0.1, 0.15) is 21.6 Å². The molecule has 0 spiro atoms. The summed E-state index contributed by atoms with van der Waals surface area (Å²) in [7, 11) is 0. The van der Waals surface area contributed by atoms with Crippen molar-refractivity contribution < 1.29 is 13.6 Å². The van der Waals surface area contributed by atoms with Crippen LogP contribution in [0.5, 0.6) is 0 Å². The number of anilines is 2. The van der Waals surface area contributed by atoms with Gasteiger partial charge in [-0.3, -0.25) is 4.79 Å². The molecule has 3 heterocycles. The van der Waals surface area contributed by atoms with E-state index in [9.17, 15) is 13.6 Å². The summed E-state index contributed by atoms with van der Waals surface area (Å²) in [6, 6.07) is 9.02. The fourth-order valence-electron chi connectivity index (χ4n) is 3.90. The minimum atomic E-state index is -0.651. The fourth-order valence-corrected chi connectivity index (χ4v) is 3.90. The van der Waals surface area contributed by atoms with Gasteiger partial charge in [-0.25, -0.2) is 13.5 Å². The molecule has 1 N–H and O–H groups in total. The van der Waals surface area contributed by atoms with E-state index < -0.39 is 11.6 Å². The zero-order chi connectivity index (χ0) is 18.7. The summed E-state index contributed by atoms with van der Waals surface area (Å²) in [6.07, 6.45) is 0. The highest BCUT2D eigenvalue weighted by Gasteiger charge is 2.30. The number of halogens is 2. The van der Waals surface area contributed by atoms with Gasteiger partial charge in [0.25, 0.3) is 5.91 Å². The number of fused-ring (bicyclic) bond motifs is 2. The number of rotatable bonds is 2. The maximum atomic E-state index is 14.4. The summed E-state index contributed by atoms with van der Waals surface area (Å²) in [6.45, 7) is 3.83. The van der Waals surface area contributed by atoms with Gasteiger partial charge in [0.2, 0.25) is 0 Å². The number of carbonyl (C=O) groups excluding carboxylic acids is 1. The van der Waals surface area contributed by atoms with Crippen LogP contribution in [-0.2, 0) is 13.1 Å². The fraction of sp³-hybridized carbons (Fsp3) is 0.200. The van der Waals surface area contributed by atoms with E-state index in [0.717, 1.165) is 41.9 Å². The average molecular weight is 366 g/mol. The molecule has 0 bridgehead atoms. The Morgan fingerprint density at radius 3 is 2.74 bits per heavy atom. The van der Waals surface area contributed by atoms with Crippen molar-refractivity contribution in [3.05, 3.63) is 64.9 Å². The molecule has 3 aromatic rings. The van der Waals surface area contributed by atoms with Gasteiger partial charge in [-0.05, 0) is 36.8 Å². The van der Waals surface area contributed by atoms with Gasteiger partial charge in [0.15, 0.2) is 0 Å². The van der Waals surface area contributed by atoms with E-state index in [2.05, 4.69) is 15.3 Å². The zero-order valence-electron chi connectivity index (χ0n) is 14.6. The smallest absolute Gasteiger partial charge is 0.251 e. The normalized spacial score (nSPS) is 15.1. The number of aryl methyl sites for hydroxylation is 1. The highest BCUT2D eigenvalue weighted by molar-refractivity contribution is 6.02. The topological polar surface area (TPSA) is 50.2 Å². The highest BCUT2D eigenvalue weighted by atomic mass is 19.1. The first kappa shape index (κ1) is 16.0. The zero-order valence-corrected chi connectivity index (χ0v) is 14.6. The molecule has 0 aliphatic carbocycles. The maximum absolute atomic E-state index is 14.4. The molecule has 2 aliphatic heterocycles. The first-order chi connectivity index (χ1) is 13.0. The summed E-state index contributed by atoms with van der Waals surface area (Å²) in [4.78, 5) is 14.4. The molecule has 1 aromatic heterocycles. The highest BCUT2D eigenvalue weighted by Crippen LogP contribution is 2.39. The van der Waals surface area contributed by atoms with E-state index in [1.54, 1.807) is 6.07 Å². The van der Waals surface area contributed by atoms with E-state index in [-0.39, 0.29) is 11.5 Å². The SMILES string of the molecule is Cc1cc2n(n1)CCN2c1cc(-c2ccc(F)cc2F)cc2c1CNC2=O. The number of carbonyl (C=O) groups is 1. The Morgan fingerprint density at radius 1 is 1.07 bits per heavy atom. The first-order valence-corrected chi connectivity index (χ1v) is 8.74. The molecule has 1 amide bonds. The molecule has 2 aromatic carbocycles. The molecule has 27 heavy (non-hydrogen) atoms. The Morgan fingerprint density at radius 2 is 1.93 bits per heavy atom. The summed E-state index contributed by atoms with van der Waals surface area (Å²) >= 11 is 0. The molecule has 5 rings (SSSR count). The van der Waals surface area contributed by atoms with E-state index in [1.807, 2.05) is 23.7 Å². The van der Waals surface area contributed by atoms with E-state index in [4.69, 9.17) is 0 Å². The summed E-state index contributed by atoms with van der Waals surface area (Å²) in [5, 5.41) is 7.31. The Balaban J connectivity index is 1.71. The van der Waals surface area contributed by atoms with Crippen molar-refractivity contribution in [1.29, 1.82) is 0 Å². The Labute approximate surface area is 154 Å². The van der Waals surface area contributed by atoms with E-state index in [1.165, 1.54) is 12.1 Å². The molecule has 0 saturated carbocycles.